The smallest absolute Gasteiger partial charge is 0.306 e. The first-order valence-corrected chi connectivity index (χ1v) is 26.2. The summed E-state index contributed by atoms with van der Waals surface area (Å²) >= 11 is 0. The Labute approximate surface area is 408 Å². The van der Waals surface area contributed by atoms with E-state index in [9.17, 15) is 45.3 Å². The molecule has 0 aromatic rings. The van der Waals surface area contributed by atoms with E-state index in [0.29, 0.717) is 19.3 Å². The summed E-state index contributed by atoms with van der Waals surface area (Å²) in [6.07, 6.45) is 27.1. The minimum atomic E-state index is -1.77. The number of carbonyl (C=O) groups excluding carboxylic acids is 2. The molecule has 2 heterocycles. The van der Waals surface area contributed by atoms with E-state index in [0.717, 1.165) is 44.9 Å². The third-order valence-corrected chi connectivity index (χ3v) is 12.3. The van der Waals surface area contributed by atoms with Crippen molar-refractivity contribution in [2.45, 2.75) is 248 Å². The third kappa shape index (κ3) is 27.7. The van der Waals surface area contributed by atoms with Crippen LogP contribution in [0.3, 0.4) is 0 Å². The fraction of sp³-hybridized carbons (Fsp3) is 0.811. The summed E-state index contributed by atoms with van der Waals surface area (Å²) in [5.41, 5.74) is 0. The molecule has 11 atom stereocenters. The minimum Gasteiger partial charge on any atom is -0.462 e. The summed E-state index contributed by atoms with van der Waals surface area (Å²) in [7, 11) is 0. The monoisotopic (exact) mass is 969 g/mol. The summed E-state index contributed by atoms with van der Waals surface area (Å²) in [5, 5.41) is 72.1. The molecule has 2 fully saturated rings. The van der Waals surface area contributed by atoms with Gasteiger partial charge in [-0.15, -0.1) is 0 Å². The number of esters is 2. The zero-order chi connectivity index (χ0) is 49.6. The van der Waals surface area contributed by atoms with Gasteiger partial charge in [0.2, 0.25) is 0 Å². The van der Waals surface area contributed by atoms with Crippen molar-refractivity contribution in [1.29, 1.82) is 0 Å². The summed E-state index contributed by atoms with van der Waals surface area (Å²) < 4.78 is 33.5. The van der Waals surface area contributed by atoms with Gasteiger partial charge in [0, 0.05) is 12.8 Å². The molecule has 4 unspecified atom stereocenters. The Hall–Kier alpha value is -2.54. The van der Waals surface area contributed by atoms with Crippen molar-refractivity contribution in [2.75, 3.05) is 26.4 Å². The van der Waals surface area contributed by atoms with E-state index in [2.05, 4.69) is 56.4 Å². The second-order valence-corrected chi connectivity index (χ2v) is 18.4. The lowest BCUT2D eigenvalue weighted by Gasteiger charge is -2.42. The van der Waals surface area contributed by atoms with Crippen molar-refractivity contribution in [3.8, 4) is 0 Å². The Kier molecular flexibility index (Phi) is 36.3. The first-order chi connectivity index (χ1) is 33.0. The molecule has 0 bridgehead atoms. The largest absolute Gasteiger partial charge is 0.462 e. The maximum atomic E-state index is 13.0. The highest BCUT2D eigenvalue weighted by atomic mass is 16.7. The van der Waals surface area contributed by atoms with Crippen LogP contribution in [0.25, 0.3) is 0 Å². The molecule has 7 N–H and O–H groups in total. The molecule has 0 spiro atoms. The fourth-order valence-electron chi connectivity index (χ4n) is 7.97. The number of aliphatic hydroxyl groups is 7. The van der Waals surface area contributed by atoms with Crippen molar-refractivity contribution < 1.29 is 73.8 Å². The average Bonchev–Trinajstić information content (AvgIpc) is 3.33. The van der Waals surface area contributed by atoms with Crippen molar-refractivity contribution in [3.05, 3.63) is 48.6 Å². The number of carbonyl (C=O) groups is 2. The molecule has 2 saturated heterocycles. The Morgan fingerprint density at radius 3 is 1.43 bits per heavy atom. The second kappa shape index (κ2) is 40.1. The van der Waals surface area contributed by atoms with E-state index >= 15 is 0 Å². The van der Waals surface area contributed by atoms with E-state index in [1.165, 1.54) is 89.9 Å². The van der Waals surface area contributed by atoms with Gasteiger partial charge < -0.3 is 64.2 Å². The summed E-state index contributed by atoms with van der Waals surface area (Å²) in [6.45, 7) is 2.51. The standard InChI is InChI=1S/C53H92O15/c1-3-5-7-9-11-13-15-17-19-20-22-23-25-27-29-31-33-35-44(55)63-38-41(66-45(56)36-34-32-30-28-26-24-21-18-16-14-12-10-8-6-4-2)39-64-52-51(62)49(60)47(58)43(68-52)40-65-53-50(61)48(59)46(57)42(37-54)67-53/h11,13,17,19,22-23,27,29,41-43,46-54,57-62H,3-10,12,14-16,18,20-21,24-26,28,30-40H2,1-2H3/b13-11+,19-17+,23-22+,29-27+/t41-,42+,43+,46-,47-,48?,49?,50?,51?,52+,53+/m0/s1. The Morgan fingerprint density at radius 1 is 0.471 bits per heavy atom. The number of hydrogen-bond donors (Lipinski definition) is 7. The molecule has 0 radical (unpaired) electrons. The maximum Gasteiger partial charge on any atom is 0.306 e. The van der Waals surface area contributed by atoms with Gasteiger partial charge in [0.15, 0.2) is 18.7 Å². The fourth-order valence-corrected chi connectivity index (χ4v) is 7.97. The van der Waals surface area contributed by atoms with Gasteiger partial charge in [0.1, 0.15) is 55.4 Å². The first kappa shape index (κ1) is 61.6. The average molecular weight is 969 g/mol. The van der Waals surface area contributed by atoms with Crippen LogP contribution in [-0.4, -0.2) is 142 Å². The molecule has 0 aromatic heterocycles. The van der Waals surface area contributed by atoms with Gasteiger partial charge in [-0.3, -0.25) is 9.59 Å². The number of allylic oxidation sites excluding steroid dienone is 8. The van der Waals surface area contributed by atoms with Crippen molar-refractivity contribution in [3.63, 3.8) is 0 Å². The van der Waals surface area contributed by atoms with Gasteiger partial charge in [0.25, 0.3) is 0 Å². The highest BCUT2D eigenvalue weighted by molar-refractivity contribution is 5.70. The Balaban J connectivity index is 1.83. The van der Waals surface area contributed by atoms with E-state index < -0.39 is 99.3 Å². The van der Waals surface area contributed by atoms with Crippen LogP contribution in [0.5, 0.6) is 0 Å². The highest BCUT2D eigenvalue weighted by Crippen LogP contribution is 2.26. The molecular formula is C53H92O15. The van der Waals surface area contributed by atoms with Crippen LogP contribution in [0.4, 0.5) is 0 Å². The van der Waals surface area contributed by atoms with E-state index in [1.807, 2.05) is 6.08 Å². The molecule has 0 aliphatic carbocycles. The zero-order valence-electron chi connectivity index (χ0n) is 41.6. The van der Waals surface area contributed by atoms with Gasteiger partial charge in [-0.25, -0.2) is 0 Å². The van der Waals surface area contributed by atoms with Crippen molar-refractivity contribution in [2.24, 2.45) is 0 Å². The van der Waals surface area contributed by atoms with Gasteiger partial charge >= 0.3 is 11.9 Å². The van der Waals surface area contributed by atoms with Gasteiger partial charge in [0.05, 0.1) is 19.8 Å². The quantitative estimate of drug-likeness (QED) is 0.0179. The predicted molar refractivity (Wildman–Crippen MR) is 261 cm³/mol. The van der Waals surface area contributed by atoms with Crippen molar-refractivity contribution >= 4 is 11.9 Å². The number of hydrogen-bond acceptors (Lipinski definition) is 15. The molecule has 0 saturated carbocycles. The maximum absolute atomic E-state index is 13.0. The number of aliphatic hydroxyl groups excluding tert-OH is 7. The highest BCUT2D eigenvalue weighted by Gasteiger charge is 2.47. The van der Waals surface area contributed by atoms with Crippen LogP contribution in [0, 0.1) is 0 Å². The van der Waals surface area contributed by atoms with Crippen LogP contribution in [-0.2, 0) is 38.0 Å². The molecule has 2 aliphatic rings. The van der Waals surface area contributed by atoms with Crippen LogP contribution >= 0.6 is 0 Å². The minimum absolute atomic E-state index is 0.142. The Bertz CT molecular complexity index is 1370. The van der Waals surface area contributed by atoms with Gasteiger partial charge in [-0.05, 0) is 51.4 Å². The molecule has 2 rings (SSSR count). The normalized spacial score (nSPS) is 26.1. The molecule has 394 valence electrons. The van der Waals surface area contributed by atoms with Crippen LogP contribution < -0.4 is 0 Å². The topological polar surface area (TPSA) is 231 Å². The molecule has 2 aliphatic heterocycles. The second-order valence-electron chi connectivity index (χ2n) is 18.4. The van der Waals surface area contributed by atoms with Crippen molar-refractivity contribution in [1.82, 2.24) is 0 Å². The van der Waals surface area contributed by atoms with E-state index in [-0.39, 0.29) is 19.4 Å². The predicted octanol–water partition coefficient (Wildman–Crippen LogP) is 7.49. The summed E-state index contributed by atoms with van der Waals surface area (Å²) in [6, 6.07) is 0. The molecular weight excluding hydrogens is 877 g/mol. The SMILES string of the molecule is CCCCC/C=C/C/C=C/C/C=C/C/C=C/CCCC(=O)OC[C@@H](CO[C@@H]1O[C@H](CO[C@@H]2O[C@H](CO)[C@H](O)C(O)C2O)[C@H](O)C(O)C1O)OC(=O)CCCCCCCCCCCCCCCCC. The molecule has 68 heavy (non-hydrogen) atoms. The van der Waals surface area contributed by atoms with Gasteiger partial charge in [-0.2, -0.15) is 0 Å². The molecule has 15 nitrogen and oxygen atoms in total. The first-order valence-electron chi connectivity index (χ1n) is 26.2. The van der Waals surface area contributed by atoms with Crippen LogP contribution in [0.1, 0.15) is 181 Å². The molecule has 15 heteroatoms. The molecule has 0 amide bonds. The molecule has 0 aromatic carbocycles. The third-order valence-electron chi connectivity index (χ3n) is 12.3. The van der Waals surface area contributed by atoms with E-state index in [4.69, 9.17) is 28.4 Å². The van der Waals surface area contributed by atoms with Crippen LogP contribution in [0.2, 0.25) is 0 Å². The number of rotatable bonds is 40. The lowest BCUT2D eigenvalue weighted by Crippen LogP contribution is -2.61. The Morgan fingerprint density at radius 2 is 0.897 bits per heavy atom. The van der Waals surface area contributed by atoms with Crippen LogP contribution in [0.15, 0.2) is 48.6 Å². The van der Waals surface area contributed by atoms with Gasteiger partial charge in [-0.1, -0.05) is 165 Å². The number of unbranched alkanes of at least 4 members (excludes halogenated alkanes) is 18. The lowest BCUT2D eigenvalue weighted by molar-refractivity contribution is -0.332. The van der Waals surface area contributed by atoms with E-state index in [1.54, 1.807) is 0 Å². The zero-order valence-corrected chi connectivity index (χ0v) is 41.6. The lowest BCUT2D eigenvalue weighted by atomic mass is 9.98. The summed E-state index contributed by atoms with van der Waals surface area (Å²) in [5.74, 6) is -0.988. The number of ether oxygens (including phenoxy) is 6. The summed E-state index contributed by atoms with van der Waals surface area (Å²) in [4.78, 5) is 25.7.